The predicted molar refractivity (Wildman–Crippen MR) is 106 cm³/mol. The van der Waals surface area contributed by atoms with Crippen LogP contribution in [0.3, 0.4) is 0 Å². The van der Waals surface area contributed by atoms with E-state index in [9.17, 15) is 9.59 Å². The molecule has 1 saturated heterocycles. The van der Waals surface area contributed by atoms with Gasteiger partial charge < -0.3 is 10.2 Å². The summed E-state index contributed by atoms with van der Waals surface area (Å²) in [7, 11) is 0. The van der Waals surface area contributed by atoms with Crippen molar-refractivity contribution in [3.63, 3.8) is 0 Å². The van der Waals surface area contributed by atoms with Gasteiger partial charge in [0.15, 0.2) is 0 Å². The summed E-state index contributed by atoms with van der Waals surface area (Å²) in [5, 5.41) is 2.96. The minimum absolute atomic E-state index is 0.0705. The van der Waals surface area contributed by atoms with E-state index in [1.54, 1.807) is 11.1 Å². The number of pyridine rings is 1. The van der Waals surface area contributed by atoms with E-state index in [0.29, 0.717) is 36.4 Å². The fraction of sp³-hybridized carbons (Fsp3) is 0.667. The third kappa shape index (κ3) is 4.25. The number of nitrogens with one attached hydrogen (secondary N) is 1. The summed E-state index contributed by atoms with van der Waals surface area (Å²) in [6.07, 6.45) is 13.1. The summed E-state index contributed by atoms with van der Waals surface area (Å²) in [5.41, 5.74) is 0.707. The van der Waals surface area contributed by atoms with Crippen LogP contribution >= 0.6 is 0 Å². The van der Waals surface area contributed by atoms with Crippen LogP contribution in [0, 0.1) is 5.92 Å². The van der Waals surface area contributed by atoms with E-state index in [1.165, 1.54) is 44.9 Å². The van der Waals surface area contributed by atoms with Crippen molar-refractivity contribution >= 4 is 23.4 Å². The molecule has 1 aromatic rings. The van der Waals surface area contributed by atoms with Gasteiger partial charge in [0, 0.05) is 25.6 Å². The smallest absolute Gasteiger partial charge is 0.325 e. The molecule has 0 atom stereocenters. The lowest BCUT2D eigenvalue weighted by Gasteiger charge is -2.24. The van der Waals surface area contributed by atoms with Crippen LogP contribution in [-0.4, -0.2) is 41.0 Å². The van der Waals surface area contributed by atoms with Crippen molar-refractivity contribution in [2.24, 2.45) is 5.92 Å². The Hall–Kier alpha value is -2.11. The number of anilines is 2. The zero-order chi connectivity index (χ0) is 18.6. The first-order chi connectivity index (χ1) is 13.2. The van der Waals surface area contributed by atoms with Gasteiger partial charge in [-0.15, -0.1) is 0 Å². The molecule has 3 fully saturated rings. The number of carbonyl (C=O) groups excluding carboxylic acids is 2. The van der Waals surface area contributed by atoms with Crippen molar-refractivity contribution in [1.82, 2.24) is 9.88 Å². The molecular weight excluding hydrogens is 340 g/mol. The molecule has 2 heterocycles. The van der Waals surface area contributed by atoms with Gasteiger partial charge in [0.25, 0.3) is 0 Å². The first kappa shape index (κ1) is 18.3. The summed E-state index contributed by atoms with van der Waals surface area (Å²) >= 11 is 0. The third-order valence-corrected chi connectivity index (χ3v) is 6.31. The number of rotatable bonds is 5. The van der Waals surface area contributed by atoms with Crippen molar-refractivity contribution in [3.8, 4) is 0 Å². The van der Waals surface area contributed by atoms with Crippen LogP contribution in [0.25, 0.3) is 0 Å². The minimum atomic E-state index is 0.0705. The number of aromatic nitrogens is 1. The molecule has 0 radical (unpaired) electrons. The predicted octanol–water partition coefficient (Wildman–Crippen LogP) is 4.18. The summed E-state index contributed by atoms with van der Waals surface area (Å²) in [6, 6.07) is 4.17. The number of amides is 3. The number of hydrogen-bond acceptors (Lipinski definition) is 3. The average molecular weight is 370 g/mol. The van der Waals surface area contributed by atoms with Crippen molar-refractivity contribution in [2.75, 3.05) is 23.3 Å². The molecule has 0 aromatic carbocycles. The lowest BCUT2D eigenvalue weighted by atomic mass is 9.87. The highest BCUT2D eigenvalue weighted by Gasteiger charge is 2.36. The molecule has 2 saturated carbocycles. The van der Waals surface area contributed by atoms with Crippen LogP contribution in [-0.2, 0) is 4.79 Å². The highest BCUT2D eigenvalue weighted by atomic mass is 16.2. The maximum absolute atomic E-state index is 12.7. The quantitative estimate of drug-likeness (QED) is 0.846. The molecule has 2 aliphatic carbocycles. The van der Waals surface area contributed by atoms with Crippen LogP contribution in [0.15, 0.2) is 18.3 Å². The van der Waals surface area contributed by atoms with E-state index in [4.69, 9.17) is 0 Å². The van der Waals surface area contributed by atoms with E-state index in [0.717, 1.165) is 19.4 Å². The summed E-state index contributed by atoms with van der Waals surface area (Å²) in [4.78, 5) is 33.2. The normalized spacial score (nSPS) is 21.9. The lowest BCUT2D eigenvalue weighted by molar-refractivity contribution is -0.117. The number of hydrogen-bond donors (Lipinski definition) is 1. The average Bonchev–Trinajstić information content (AvgIpc) is 3.33. The second-order valence-electron chi connectivity index (χ2n) is 8.23. The maximum Gasteiger partial charge on any atom is 0.326 e. The fourth-order valence-electron chi connectivity index (χ4n) is 4.81. The van der Waals surface area contributed by atoms with E-state index >= 15 is 0 Å². The van der Waals surface area contributed by atoms with Gasteiger partial charge in [0.05, 0.1) is 11.9 Å². The molecule has 0 unspecified atom stereocenters. The Labute approximate surface area is 161 Å². The summed E-state index contributed by atoms with van der Waals surface area (Å²) in [5.74, 6) is 1.27. The monoisotopic (exact) mass is 370 g/mol. The van der Waals surface area contributed by atoms with Crippen molar-refractivity contribution in [3.05, 3.63) is 18.3 Å². The van der Waals surface area contributed by atoms with E-state index in [-0.39, 0.29) is 11.9 Å². The van der Waals surface area contributed by atoms with Gasteiger partial charge in [-0.2, -0.15) is 0 Å². The van der Waals surface area contributed by atoms with E-state index < -0.39 is 0 Å². The number of carbonyl (C=O) groups is 2. The van der Waals surface area contributed by atoms with Gasteiger partial charge in [0.2, 0.25) is 5.91 Å². The topological polar surface area (TPSA) is 65.5 Å². The van der Waals surface area contributed by atoms with Gasteiger partial charge in [-0.25, -0.2) is 9.78 Å². The largest absolute Gasteiger partial charge is 0.326 e. The zero-order valence-corrected chi connectivity index (χ0v) is 16.0. The van der Waals surface area contributed by atoms with Crippen LogP contribution in [0.4, 0.5) is 16.3 Å². The molecule has 1 N–H and O–H groups in total. The van der Waals surface area contributed by atoms with Gasteiger partial charge in [-0.05, 0) is 43.7 Å². The Morgan fingerprint density at radius 1 is 1.04 bits per heavy atom. The van der Waals surface area contributed by atoms with Crippen LogP contribution in [0.1, 0.15) is 64.2 Å². The first-order valence-corrected chi connectivity index (χ1v) is 10.5. The SMILES string of the molecule is O=C(CC1CCCCC1)Nc1ccc(N2CCN(C3CCCC3)C2=O)nc1. The number of nitrogens with zero attached hydrogens (tertiary/aromatic N) is 3. The van der Waals surface area contributed by atoms with Crippen molar-refractivity contribution in [1.29, 1.82) is 0 Å². The molecule has 27 heavy (non-hydrogen) atoms. The highest BCUT2D eigenvalue weighted by Crippen LogP contribution is 2.29. The van der Waals surface area contributed by atoms with Gasteiger partial charge in [-0.3, -0.25) is 9.69 Å². The van der Waals surface area contributed by atoms with Gasteiger partial charge in [-0.1, -0.05) is 32.1 Å². The number of urea groups is 1. The molecule has 0 spiro atoms. The molecule has 6 heteroatoms. The Balaban J connectivity index is 1.32. The van der Waals surface area contributed by atoms with Crippen LogP contribution in [0.5, 0.6) is 0 Å². The second-order valence-corrected chi connectivity index (χ2v) is 8.23. The molecule has 3 aliphatic rings. The zero-order valence-electron chi connectivity index (χ0n) is 16.0. The van der Waals surface area contributed by atoms with Crippen LogP contribution < -0.4 is 10.2 Å². The standard InChI is InChI=1S/C21H30N4O2/c26-20(14-16-6-2-1-3-7-16)23-17-10-11-19(22-15-17)25-13-12-24(21(25)27)18-8-4-5-9-18/h10-11,15-16,18H,1-9,12-14H2,(H,23,26). The molecule has 146 valence electrons. The Bertz CT molecular complexity index is 663. The van der Waals surface area contributed by atoms with E-state index in [1.807, 2.05) is 17.0 Å². The molecular formula is C21H30N4O2. The molecule has 1 aromatic heterocycles. The lowest BCUT2D eigenvalue weighted by Crippen LogP contribution is -2.38. The van der Waals surface area contributed by atoms with Gasteiger partial charge >= 0.3 is 6.03 Å². The Morgan fingerprint density at radius 3 is 2.48 bits per heavy atom. The third-order valence-electron chi connectivity index (χ3n) is 6.31. The molecule has 3 amide bonds. The van der Waals surface area contributed by atoms with Crippen LogP contribution in [0.2, 0.25) is 0 Å². The molecule has 6 nitrogen and oxygen atoms in total. The van der Waals surface area contributed by atoms with Crippen molar-refractivity contribution in [2.45, 2.75) is 70.3 Å². The summed E-state index contributed by atoms with van der Waals surface area (Å²) in [6.45, 7) is 1.47. The fourth-order valence-corrected chi connectivity index (χ4v) is 4.81. The first-order valence-electron chi connectivity index (χ1n) is 10.5. The Kier molecular flexibility index (Phi) is 5.60. The molecule has 1 aliphatic heterocycles. The van der Waals surface area contributed by atoms with Crippen molar-refractivity contribution < 1.29 is 9.59 Å². The molecule has 0 bridgehead atoms. The van der Waals surface area contributed by atoms with Gasteiger partial charge in [0.1, 0.15) is 5.82 Å². The minimum Gasteiger partial charge on any atom is -0.325 e. The van der Waals surface area contributed by atoms with E-state index in [2.05, 4.69) is 10.3 Å². The highest BCUT2D eigenvalue weighted by molar-refractivity contribution is 5.94. The molecule has 4 rings (SSSR count). The second kappa shape index (κ2) is 8.28. The maximum atomic E-state index is 12.7. The Morgan fingerprint density at radius 2 is 1.78 bits per heavy atom. The summed E-state index contributed by atoms with van der Waals surface area (Å²) < 4.78 is 0.